The number of nitrogens with zero attached hydrogens (tertiary/aromatic N) is 1. The third kappa shape index (κ3) is 4.19. The molecule has 0 atom stereocenters. The van der Waals surface area contributed by atoms with Gasteiger partial charge in [0.05, 0.1) is 4.91 Å². The van der Waals surface area contributed by atoms with E-state index in [4.69, 9.17) is 16.6 Å². The molecule has 1 aromatic heterocycles. The molecule has 1 saturated carbocycles. The van der Waals surface area contributed by atoms with E-state index in [-0.39, 0.29) is 11.9 Å². The van der Waals surface area contributed by atoms with Crippen LogP contribution in [0.5, 0.6) is 0 Å². The molecule has 4 rings (SSSR count). The normalized spacial score (nSPS) is 20.9. The summed E-state index contributed by atoms with van der Waals surface area (Å²) in [7, 11) is 0. The number of amides is 1. The van der Waals surface area contributed by atoms with Gasteiger partial charge in [0.1, 0.15) is 15.8 Å². The quantitative estimate of drug-likeness (QED) is 0.452. The van der Waals surface area contributed by atoms with Crippen molar-refractivity contribution in [1.29, 1.82) is 0 Å². The molecule has 2 aromatic rings. The van der Waals surface area contributed by atoms with Crippen LogP contribution in [0.25, 0.3) is 17.4 Å². The van der Waals surface area contributed by atoms with Crippen LogP contribution in [0.2, 0.25) is 0 Å². The first-order chi connectivity index (χ1) is 13.2. The first-order valence-corrected chi connectivity index (χ1v) is 10.9. The largest absolute Gasteiger partial charge is 0.457 e. The minimum absolute atomic E-state index is 0.0354. The molecule has 1 amide bonds. The van der Waals surface area contributed by atoms with Crippen molar-refractivity contribution in [3.8, 4) is 11.3 Å². The summed E-state index contributed by atoms with van der Waals surface area (Å²) in [6, 6.07) is 14.1. The Morgan fingerprint density at radius 3 is 2.44 bits per heavy atom. The minimum atomic E-state index is 0.0354. The van der Waals surface area contributed by atoms with E-state index >= 15 is 0 Å². The molecular formula is C22H23NO2S2. The van der Waals surface area contributed by atoms with E-state index in [1.807, 2.05) is 53.4 Å². The molecule has 1 saturated heterocycles. The summed E-state index contributed by atoms with van der Waals surface area (Å²) in [6.45, 7) is 0. The number of hydrogen-bond donors (Lipinski definition) is 0. The molecule has 2 heterocycles. The average molecular weight is 398 g/mol. The highest BCUT2D eigenvalue weighted by Gasteiger charge is 2.37. The molecular weight excluding hydrogens is 374 g/mol. The Balaban J connectivity index is 1.52. The Morgan fingerprint density at radius 1 is 1.00 bits per heavy atom. The van der Waals surface area contributed by atoms with Crippen molar-refractivity contribution in [2.75, 3.05) is 0 Å². The summed E-state index contributed by atoms with van der Waals surface area (Å²) in [6.07, 6.45) is 10.1. The van der Waals surface area contributed by atoms with Gasteiger partial charge in [-0.3, -0.25) is 9.69 Å². The van der Waals surface area contributed by atoms with Crippen LogP contribution in [-0.4, -0.2) is 21.2 Å². The van der Waals surface area contributed by atoms with Gasteiger partial charge in [0, 0.05) is 17.7 Å². The molecule has 3 nitrogen and oxygen atoms in total. The SMILES string of the molecule is O=C1C(=Cc2ccc(-c3ccccc3)o2)SC(=S)N1C1CCCCCCC1. The lowest BCUT2D eigenvalue weighted by molar-refractivity contribution is -0.123. The molecule has 2 aliphatic rings. The zero-order valence-electron chi connectivity index (χ0n) is 15.2. The van der Waals surface area contributed by atoms with E-state index in [9.17, 15) is 4.79 Å². The molecule has 1 aliphatic heterocycles. The van der Waals surface area contributed by atoms with Crippen molar-refractivity contribution in [2.45, 2.75) is 51.0 Å². The van der Waals surface area contributed by atoms with Crippen molar-refractivity contribution >= 4 is 40.3 Å². The third-order valence-electron chi connectivity index (χ3n) is 5.22. The van der Waals surface area contributed by atoms with Crippen LogP contribution in [0.3, 0.4) is 0 Å². The highest BCUT2D eigenvalue weighted by Crippen LogP contribution is 2.37. The van der Waals surface area contributed by atoms with Gasteiger partial charge in [-0.25, -0.2) is 0 Å². The fraction of sp³-hybridized carbons (Fsp3) is 0.364. The lowest BCUT2D eigenvalue weighted by Gasteiger charge is -2.28. The minimum Gasteiger partial charge on any atom is -0.457 e. The van der Waals surface area contributed by atoms with E-state index in [0.29, 0.717) is 15.0 Å². The molecule has 0 radical (unpaired) electrons. The molecule has 27 heavy (non-hydrogen) atoms. The van der Waals surface area contributed by atoms with Gasteiger partial charge in [-0.2, -0.15) is 0 Å². The summed E-state index contributed by atoms with van der Waals surface area (Å²) in [4.78, 5) is 15.5. The molecule has 0 spiro atoms. The third-order valence-corrected chi connectivity index (χ3v) is 6.55. The number of thioether (sulfide) groups is 1. The molecule has 5 heteroatoms. The summed E-state index contributed by atoms with van der Waals surface area (Å²) in [5, 5.41) is 0. The smallest absolute Gasteiger partial charge is 0.266 e. The van der Waals surface area contributed by atoms with E-state index in [1.54, 1.807) is 0 Å². The fourth-order valence-corrected chi connectivity index (χ4v) is 5.19. The van der Waals surface area contributed by atoms with Gasteiger partial charge < -0.3 is 4.42 Å². The van der Waals surface area contributed by atoms with Crippen molar-refractivity contribution in [1.82, 2.24) is 4.90 Å². The van der Waals surface area contributed by atoms with Gasteiger partial charge in [0.15, 0.2) is 0 Å². The molecule has 0 bridgehead atoms. The predicted octanol–water partition coefficient (Wildman–Crippen LogP) is 6.26. The second-order valence-corrected chi connectivity index (χ2v) is 8.79. The molecule has 2 fully saturated rings. The van der Waals surface area contributed by atoms with Crippen LogP contribution in [-0.2, 0) is 4.79 Å². The lowest BCUT2D eigenvalue weighted by Crippen LogP contribution is -2.39. The fourth-order valence-electron chi connectivity index (χ4n) is 3.80. The number of carbonyl (C=O) groups excluding carboxylic acids is 1. The zero-order chi connectivity index (χ0) is 18.6. The highest BCUT2D eigenvalue weighted by atomic mass is 32.2. The molecule has 1 aromatic carbocycles. The Morgan fingerprint density at radius 2 is 1.70 bits per heavy atom. The van der Waals surface area contributed by atoms with E-state index in [1.165, 1.54) is 43.9 Å². The Bertz CT molecular complexity index is 848. The summed E-state index contributed by atoms with van der Waals surface area (Å²) < 4.78 is 6.62. The van der Waals surface area contributed by atoms with Crippen LogP contribution in [0.15, 0.2) is 51.8 Å². The Hall–Kier alpha value is -1.85. The number of furan rings is 1. The topological polar surface area (TPSA) is 33.5 Å². The lowest BCUT2D eigenvalue weighted by atomic mass is 9.96. The van der Waals surface area contributed by atoms with E-state index in [0.717, 1.165) is 24.2 Å². The van der Waals surface area contributed by atoms with Gasteiger partial charge in [-0.1, -0.05) is 86.4 Å². The van der Waals surface area contributed by atoms with Crippen molar-refractivity contribution < 1.29 is 9.21 Å². The molecule has 0 unspecified atom stereocenters. The van der Waals surface area contributed by atoms with Crippen LogP contribution in [0.4, 0.5) is 0 Å². The first-order valence-electron chi connectivity index (χ1n) is 9.65. The Labute approximate surface area is 169 Å². The maximum absolute atomic E-state index is 13.0. The molecule has 0 N–H and O–H groups in total. The number of hydrogen-bond acceptors (Lipinski definition) is 4. The maximum Gasteiger partial charge on any atom is 0.266 e. The predicted molar refractivity (Wildman–Crippen MR) is 115 cm³/mol. The highest BCUT2D eigenvalue weighted by molar-refractivity contribution is 8.26. The van der Waals surface area contributed by atoms with Crippen LogP contribution in [0.1, 0.15) is 50.7 Å². The van der Waals surface area contributed by atoms with E-state index in [2.05, 4.69) is 0 Å². The molecule has 1 aliphatic carbocycles. The second-order valence-electron chi connectivity index (χ2n) is 7.12. The number of rotatable bonds is 3. The van der Waals surface area contributed by atoms with Gasteiger partial charge in [-0.05, 0) is 25.0 Å². The second kappa shape index (κ2) is 8.44. The Kier molecular flexibility index (Phi) is 5.79. The van der Waals surface area contributed by atoms with Gasteiger partial charge in [0.2, 0.25) is 0 Å². The van der Waals surface area contributed by atoms with E-state index < -0.39 is 0 Å². The van der Waals surface area contributed by atoms with Gasteiger partial charge >= 0.3 is 0 Å². The maximum atomic E-state index is 13.0. The average Bonchev–Trinajstić information content (AvgIpc) is 3.22. The molecule has 140 valence electrons. The zero-order valence-corrected chi connectivity index (χ0v) is 16.9. The first kappa shape index (κ1) is 18.5. The van der Waals surface area contributed by atoms with Crippen LogP contribution >= 0.6 is 24.0 Å². The van der Waals surface area contributed by atoms with Crippen LogP contribution in [0, 0.1) is 0 Å². The summed E-state index contributed by atoms with van der Waals surface area (Å²) >= 11 is 6.94. The standard InChI is InChI=1S/C22H23NO2S2/c24-21-20(15-18-13-14-19(25-18)16-9-5-4-6-10-16)27-22(26)23(21)17-11-7-2-1-3-8-12-17/h4-6,9-10,13-15,17H,1-3,7-8,11-12H2. The number of carbonyl (C=O) groups is 1. The number of thiocarbonyl (C=S) groups is 1. The van der Waals surface area contributed by atoms with Crippen molar-refractivity contribution in [3.63, 3.8) is 0 Å². The summed E-state index contributed by atoms with van der Waals surface area (Å²) in [5.41, 5.74) is 1.03. The summed E-state index contributed by atoms with van der Waals surface area (Å²) in [5.74, 6) is 1.53. The van der Waals surface area contributed by atoms with Gasteiger partial charge in [0.25, 0.3) is 5.91 Å². The number of benzene rings is 1. The monoisotopic (exact) mass is 397 g/mol. The van der Waals surface area contributed by atoms with Crippen molar-refractivity contribution in [3.05, 3.63) is 53.1 Å². The van der Waals surface area contributed by atoms with Crippen LogP contribution < -0.4 is 0 Å². The van der Waals surface area contributed by atoms with Gasteiger partial charge in [-0.15, -0.1) is 0 Å². The van der Waals surface area contributed by atoms with Crippen molar-refractivity contribution in [2.24, 2.45) is 0 Å².